The number of methoxy groups -OCH3 is 2. The number of aliphatic hydroxyl groups excluding tert-OH is 1. The summed E-state index contributed by atoms with van der Waals surface area (Å²) in [5, 5.41) is 8.19. The van der Waals surface area contributed by atoms with E-state index in [9.17, 15) is 9.18 Å². The minimum atomic E-state index is -0.224. The van der Waals surface area contributed by atoms with Crippen molar-refractivity contribution in [2.45, 2.75) is 19.0 Å². The van der Waals surface area contributed by atoms with E-state index < -0.39 is 0 Å². The van der Waals surface area contributed by atoms with E-state index in [1.165, 1.54) is 29.8 Å². The van der Waals surface area contributed by atoms with Gasteiger partial charge in [-0.2, -0.15) is 0 Å². The summed E-state index contributed by atoms with van der Waals surface area (Å²) in [4.78, 5) is 16.5. The molecule has 7 nitrogen and oxygen atoms in total. The van der Waals surface area contributed by atoms with Crippen LogP contribution in [0.5, 0.6) is 5.75 Å². The molecule has 8 heteroatoms. The second-order valence-corrected chi connectivity index (χ2v) is 8.51. The molecule has 1 aromatic heterocycles. The molecule has 1 aliphatic heterocycles. The first-order valence-corrected chi connectivity index (χ1v) is 11.2. The van der Waals surface area contributed by atoms with Crippen LogP contribution in [0.1, 0.15) is 22.7 Å². The predicted octanol–water partition coefficient (Wildman–Crippen LogP) is 3.14. The third-order valence-electron chi connectivity index (χ3n) is 6.32. The zero-order valence-corrected chi connectivity index (χ0v) is 20.5. The number of aryl methyl sites for hydroxylation is 1. The highest BCUT2D eigenvalue weighted by atomic mass is 19.1. The lowest BCUT2D eigenvalue weighted by Crippen LogP contribution is -2.41. The molecule has 0 fully saturated rings. The van der Waals surface area contributed by atoms with Gasteiger partial charge < -0.3 is 24.0 Å². The number of hydrogen-bond acceptors (Lipinski definition) is 5. The number of nitrogens with zero attached hydrogens (tertiary/aromatic N) is 3. The molecule has 0 spiro atoms. The number of likely N-dealkylation sites (N-methyl/N-ethyl adjacent to an activating group) is 1. The van der Waals surface area contributed by atoms with Crippen LogP contribution in [-0.4, -0.2) is 73.5 Å². The largest absolute Gasteiger partial charge is 0.497 e. The van der Waals surface area contributed by atoms with E-state index in [2.05, 4.69) is 28.6 Å². The number of ether oxygens (including phenoxy) is 2. The van der Waals surface area contributed by atoms with E-state index in [1.54, 1.807) is 24.1 Å². The van der Waals surface area contributed by atoms with Crippen LogP contribution in [0.25, 0.3) is 10.9 Å². The summed E-state index contributed by atoms with van der Waals surface area (Å²) in [6, 6.07) is 12.9. The number of aromatic nitrogens is 1. The van der Waals surface area contributed by atoms with Crippen molar-refractivity contribution >= 4 is 16.8 Å². The van der Waals surface area contributed by atoms with Gasteiger partial charge in [-0.05, 0) is 35.4 Å². The number of carbonyl (C=O) groups excluding carboxylic acids is 1. The normalized spacial score (nSPS) is 15.4. The Morgan fingerprint density at radius 3 is 2.65 bits per heavy atom. The molecule has 3 aromatic rings. The van der Waals surface area contributed by atoms with Crippen molar-refractivity contribution in [2.75, 3.05) is 48.1 Å². The van der Waals surface area contributed by atoms with Gasteiger partial charge in [0.15, 0.2) is 0 Å². The van der Waals surface area contributed by atoms with E-state index in [1.807, 2.05) is 19.2 Å². The highest BCUT2D eigenvalue weighted by molar-refractivity contribution is 5.88. The zero-order valence-electron chi connectivity index (χ0n) is 20.5. The molecule has 0 bridgehead atoms. The van der Waals surface area contributed by atoms with Crippen LogP contribution in [-0.2, 0) is 29.7 Å². The molecule has 0 saturated carbocycles. The summed E-state index contributed by atoms with van der Waals surface area (Å²) >= 11 is 0. The Bertz CT molecular complexity index is 1130. The van der Waals surface area contributed by atoms with Crippen LogP contribution in [0.15, 0.2) is 42.5 Å². The Balaban J connectivity index is 0.00000158. The average molecular weight is 472 g/mol. The van der Waals surface area contributed by atoms with E-state index in [0.29, 0.717) is 13.1 Å². The molecule has 1 atom stereocenters. The van der Waals surface area contributed by atoms with Crippen molar-refractivity contribution in [3.8, 4) is 5.75 Å². The summed E-state index contributed by atoms with van der Waals surface area (Å²) < 4.78 is 26.5. The predicted molar refractivity (Wildman–Crippen MR) is 130 cm³/mol. The van der Waals surface area contributed by atoms with Crippen LogP contribution in [0, 0.1) is 5.82 Å². The van der Waals surface area contributed by atoms with Crippen LogP contribution >= 0.6 is 0 Å². The molecule has 34 heavy (non-hydrogen) atoms. The number of hydrogen-bond donors (Lipinski definition) is 1. The first-order chi connectivity index (χ1) is 16.4. The summed E-state index contributed by atoms with van der Waals surface area (Å²) in [6.45, 7) is 2.83. The second kappa shape index (κ2) is 11.5. The van der Waals surface area contributed by atoms with Gasteiger partial charge in [0.25, 0.3) is 0 Å². The Labute approximate surface area is 200 Å². The fraction of sp³-hybridized carbons (Fsp3) is 0.423. The molecule has 2 aromatic carbocycles. The summed E-state index contributed by atoms with van der Waals surface area (Å²) in [7, 11) is 8.09. The number of aliphatic hydroxyl groups is 1. The van der Waals surface area contributed by atoms with Crippen molar-refractivity contribution in [3.63, 3.8) is 0 Å². The Morgan fingerprint density at radius 1 is 1.21 bits per heavy atom. The SMILES string of the molecule is CO.COCC(=O)N(C)CC1CN(Cc2cccc(F)c2)Cc2c1c1ccc(OC)cc1n2C. The van der Waals surface area contributed by atoms with E-state index >= 15 is 0 Å². The number of benzene rings is 2. The summed E-state index contributed by atoms with van der Waals surface area (Å²) in [5.74, 6) is 0.669. The number of fused-ring (bicyclic) bond motifs is 3. The minimum Gasteiger partial charge on any atom is -0.497 e. The van der Waals surface area contributed by atoms with Crippen LogP contribution in [0.4, 0.5) is 4.39 Å². The third-order valence-corrected chi connectivity index (χ3v) is 6.32. The Morgan fingerprint density at radius 2 is 1.97 bits per heavy atom. The fourth-order valence-corrected chi connectivity index (χ4v) is 4.78. The van der Waals surface area contributed by atoms with Crippen molar-refractivity contribution in [3.05, 3.63) is 65.1 Å². The standard InChI is InChI=1S/C25H30FN3O3.CH4O/c1-27(24(30)16-31-3)13-18-14-29(12-17-6-5-7-19(26)10-17)15-23-25(18)21-9-8-20(32-4)11-22(21)28(23)2;1-2/h5-11,18H,12-16H2,1-4H3;2H,1H3. The number of carbonyl (C=O) groups is 1. The van der Waals surface area contributed by atoms with Crippen LogP contribution in [0.2, 0.25) is 0 Å². The zero-order chi connectivity index (χ0) is 24.8. The van der Waals surface area contributed by atoms with Crippen LogP contribution < -0.4 is 4.74 Å². The van der Waals surface area contributed by atoms with Gasteiger partial charge >= 0.3 is 0 Å². The second-order valence-electron chi connectivity index (χ2n) is 8.51. The third kappa shape index (κ3) is 5.41. The Kier molecular flexibility index (Phi) is 8.66. The average Bonchev–Trinajstić information content (AvgIpc) is 3.12. The van der Waals surface area contributed by atoms with Gasteiger partial charge in [-0.1, -0.05) is 12.1 Å². The molecule has 0 radical (unpaired) electrons. The first kappa shape index (κ1) is 25.7. The molecule has 2 heterocycles. The molecule has 1 amide bonds. The van der Waals surface area contributed by atoms with E-state index in [-0.39, 0.29) is 24.2 Å². The van der Waals surface area contributed by atoms with Crippen molar-refractivity contribution < 1.29 is 23.8 Å². The van der Waals surface area contributed by atoms with Crippen molar-refractivity contribution in [2.24, 2.45) is 7.05 Å². The lowest BCUT2D eigenvalue weighted by Gasteiger charge is -2.35. The van der Waals surface area contributed by atoms with Crippen LogP contribution in [0.3, 0.4) is 0 Å². The molecule has 0 saturated heterocycles. The molecule has 1 N–H and O–H groups in total. The first-order valence-electron chi connectivity index (χ1n) is 11.2. The lowest BCUT2D eigenvalue weighted by molar-refractivity contribution is -0.134. The van der Waals surface area contributed by atoms with Gasteiger partial charge in [0.1, 0.15) is 18.2 Å². The van der Waals surface area contributed by atoms with Gasteiger partial charge in [-0.3, -0.25) is 9.69 Å². The quantitative estimate of drug-likeness (QED) is 0.574. The molecule has 1 unspecified atom stereocenters. The van der Waals surface area contributed by atoms with Gasteiger partial charge in [0.05, 0.1) is 12.6 Å². The van der Waals surface area contributed by atoms with Gasteiger partial charge in [-0.15, -0.1) is 0 Å². The highest BCUT2D eigenvalue weighted by Gasteiger charge is 2.32. The lowest BCUT2D eigenvalue weighted by atomic mass is 9.91. The fourth-order valence-electron chi connectivity index (χ4n) is 4.78. The van der Waals surface area contributed by atoms with Gasteiger partial charge in [0, 0.05) is 77.6 Å². The molecule has 0 aliphatic carbocycles. The van der Waals surface area contributed by atoms with Crippen molar-refractivity contribution in [1.82, 2.24) is 14.4 Å². The highest BCUT2D eigenvalue weighted by Crippen LogP contribution is 2.38. The van der Waals surface area contributed by atoms with Gasteiger partial charge in [-0.25, -0.2) is 4.39 Å². The number of rotatable bonds is 7. The number of halogens is 1. The molecule has 184 valence electrons. The molecular formula is C26H34FN3O4. The molecule has 4 rings (SSSR count). The van der Waals surface area contributed by atoms with E-state index in [0.717, 1.165) is 37.0 Å². The number of amides is 1. The smallest absolute Gasteiger partial charge is 0.248 e. The maximum atomic E-state index is 13.8. The molecular weight excluding hydrogens is 437 g/mol. The maximum absolute atomic E-state index is 13.8. The van der Waals surface area contributed by atoms with Crippen molar-refractivity contribution in [1.29, 1.82) is 0 Å². The monoisotopic (exact) mass is 471 g/mol. The maximum Gasteiger partial charge on any atom is 0.248 e. The minimum absolute atomic E-state index is 0.0433. The topological polar surface area (TPSA) is 67.2 Å². The summed E-state index contributed by atoms with van der Waals surface area (Å²) in [5.41, 5.74) is 4.54. The Hall–Kier alpha value is -2.94. The van der Waals surface area contributed by atoms with Gasteiger partial charge in [0.2, 0.25) is 5.91 Å². The van der Waals surface area contributed by atoms with E-state index in [4.69, 9.17) is 14.6 Å². The molecule has 1 aliphatic rings. The summed E-state index contributed by atoms with van der Waals surface area (Å²) in [6.07, 6.45) is 0.